The van der Waals surface area contributed by atoms with Crippen LogP contribution in [0.4, 0.5) is 0 Å². The third-order valence-corrected chi connectivity index (χ3v) is 2.81. The molecule has 0 fully saturated rings. The number of methoxy groups -OCH3 is 1. The zero-order valence-electron chi connectivity index (χ0n) is 8.28. The van der Waals surface area contributed by atoms with E-state index in [2.05, 4.69) is 9.88 Å². The molecule has 0 saturated heterocycles. The fraction of sp³-hybridized carbons (Fsp3) is 0.667. The average molecular weight is 235 g/mol. The molecule has 3 nitrogen and oxygen atoms in total. The van der Waals surface area contributed by atoms with E-state index in [1.54, 1.807) is 18.4 Å². The molecule has 1 rings (SSSR count). The fourth-order valence-corrected chi connectivity index (χ4v) is 2.03. The maximum absolute atomic E-state index is 5.72. The highest BCUT2D eigenvalue weighted by molar-refractivity contribution is 7.09. The smallest absolute Gasteiger partial charge is 0.0794 e. The first kappa shape index (κ1) is 11.9. The third kappa shape index (κ3) is 4.37. The summed E-state index contributed by atoms with van der Waals surface area (Å²) in [6, 6.07) is 0. The van der Waals surface area contributed by atoms with Gasteiger partial charge < -0.3 is 4.74 Å². The molecule has 1 aromatic rings. The van der Waals surface area contributed by atoms with Gasteiger partial charge >= 0.3 is 0 Å². The van der Waals surface area contributed by atoms with Crippen molar-refractivity contribution in [3.05, 3.63) is 16.6 Å². The number of thiazole rings is 1. The summed E-state index contributed by atoms with van der Waals surface area (Å²) in [7, 11) is 1.71. The van der Waals surface area contributed by atoms with Gasteiger partial charge in [-0.3, -0.25) is 9.88 Å². The molecule has 0 aliphatic carbocycles. The van der Waals surface area contributed by atoms with Crippen molar-refractivity contribution in [2.75, 3.05) is 32.7 Å². The maximum Gasteiger partial charge on any atom is 0.0794 e. The predicted octanol–water partition coefficient (Wildman–Crippen LogP) is 1.83. The number of halogens is 1. The Morgan fingerprint density at radius 2 is 2.43 bits per heavy atom. The molecule has 5 heteroatoms. The monoisotopic (exact) mass is 234 g/mol. The minimum atomic E-state index is 0.655. The average Bonchev–Trinajstić information content (AvgIpc) is 2.67. The van der Waals surface area contributed by atoms with Crippen LogP contribution in [0.5, 0.6) is 0 Å². The zero-order chi connectivity index (χ0) is 10.2. The van der Waals surface area contributed by atoms with E-state index in [0.29, 0.717) is 5.88 Å². The van der Waals surface area contributed by atoms with Crippen LogP contribution in [0.3, 0.4) is 0 Å². The van der Waals surface area contributed by atoms with Crippen LogP contribution in [0.25, 0.3) is 0 Å². The number of aromatic nitrogens is 1. The van der Waals surface area contributed by atoms with E-state index in [4.69, 9.17) is 16.3 Å². The molecule has 0 N–H and O–H groups in total. The van der Waals surface area contributed by atoms with E-state index in [1.807, 2.05) is 11.7 Å². The third-order valence-electron chi connectivity index (χ3n) is 1.88. The van der Waals surface area contributed by atoms with E-state index in [-0.39, 0.29) is 0 Å². The number of rotatable bonds is 7. The van der Waals surface area contributed by atoms with Crippen LogP contribution in [-0.4, -0.2) is 42.6 Å². The lowest BCUT2D eigenvalue weighted by Gasteiger charge is -2.19. The molecule has 1 heterocycles. The Morgan fingerprint density at radius 3 is 3.00 bits per heavy atom. The fourth-order valence-electron chi connectivity index (χ4n) is 1.15. The molecule has 1 aromatic heterocycles. The van der Waals surface area contributed by atoms with E-state index < -0.39 is 0 Å². The number of ether oxygens (including phenoxy) is 1. The molecule has 0 amide bonds. The van der Waals surface area contributed by atoms with E-state index in [1.165, 1.54) is 4.88 Å². The van der Waals surface area contributed by atoms with Crippen LogP contribution in [0.15, 0.2) is 11.7 Å². The van der Waals surface area contributed by atoms with Gasteiger partial charge in [0, 0.05) is 43.7 Å². The van der Waals surface area contributed by atoms with E-state index in [0.717, 1.165) is 26.2 Å². The van der Waals surface area contributed by atoms with Gasteiger partial charge in [0.05, 0.1) is 12.1 Å². The first-order valence-electron chi connectivity index (χ1n) is 4.51. The minimum Gasteiger partial charge on any atom is -0.383 e. The Labute approximate surface area is 93.7 Å². The largest absolute Gasteiger partial charge is 0.383 e. The van der Waals surface area contributed by atoms with Gasteiger partial charge in [-0.1, -0.05) is 0 Å². The van der Waals surface area contributed by atoms with Gasteiger partial charge in [-0.05, 0) is 0 Å². The van der Waals surface area contributed by atoms with Gasteiger partial charge in [-0.25, -0.2) is 0 Å². The van der Waals surface area contributed by atoms with Crippen molar-refractivity contribution >= 4 is 22.9 Å². The minimum absolute atomic E-state index is 0.655. The molecule has 0 bridgehead atoms. The zero-order valence-corrected chi connectivity index (χ0v) is 9.85. The van der Waals surface area contributed by atoms with Crippen molar-refractivity contribution in [1.29, 1.82) is 0 Å². The summed E-state index contributed by atoms with van der Waals surface area (Å²) in [4.78, 5) is 7.58. The number of nitrogens with zero attached hydrogens (tertiary/aromatic N) is 2. The van der Waals surface area contributed by atoms with Crippen LogP contribution in [0.2, 0.25) is 0 Å². The number of alkyl halides is 1. The molecule has 14 heavy (non-hydrogen) atoms. The molecule has 80 valence electrons. The summed E-state index contributed by atoms with van der Waals surface area (Å²) in [5.74, 6) is 0.655. The van der Waals surface area contributed by atoms with Gasteiger partial charge in [0.1, 0.15) is 0 Å². The Balaban J connectivity index is 2.34. The van der Waals surface area contributed by atoms with Crippen molar-refractivity contribution in [2.24, 2.45) is 0 Å². The molecule has 0 unspecified atom stereocenters. The van der Waals surface area contributed by atoms with E-state index in [9.17, 15) is 0 Å². The highest BCUT2D eigenvalue weighted by Gasteiger charge is 2.05. The topological polar surface area (TPSA) is 25.4 Å². The second-order valence-corrected chi connectivity index (χ2v) is 4.27. The Hall–Kier alpha value is -0.160. The summed E-state index contributed by atoms with van der Waals surface area (Å²) < 4.78 is 5.04. The Morgan fingerprint density at radius 1 is 1.57 bits per heavy atom. The Bertz CT molecular complexity index is 231. The van der Waals surface area contributed by atoms with Crippen LogP contribution in [0.1, 0.15) is 4.88 Å². The highest BCUT2D eigenvalue weighted by atomic mass is 35.5. The van der Waals surface area contributed by atoms with Gasteiger partial charge in [0.15, 0.2) is 0 Å². The van der Waals surface area contributed by atoms with Crippen molar-refractivity contribution in [3.63, 3.8) is 0 Å². The van der Waals surface area contributed by atoms with Crippen LogP contribution < -0.4 is 0 Å². The quantitative estimate of drug-likeness (QED) is 0.674. The second kappa shape index (κ2) is 7.17. The Kier molecular flexibility index (Phi) is 6.10. The van der Waals surface area contributed by atoms with Crippen LogP contribution >= 0.6 is 22.9 Å². The number of hydrogen-bond donors (Lipinski definition) is 0. The molecular weight excluding hydrogens is 220 g/mol. The van der Waals surface area contributed by atoms with Crippen LogP contribution in [-0.2, 0) is 11.3 Å². The molecule has 0 atom stereocenters. The van der Waals surface area contributed by atoms with Crippen molar-refractivity contribution in [3.8, 4) is 0 Å². The lowest BCUT2D eigenvalue weighted by molar-refractivity contribution is 0.148. The molecular formula is C9H15ClN2OS. The summed E-state index contributed by atoms with van der Waals surface area (Å²) >= 11 is 7.39. The van der Waals surface area contributed by atoms with Gasteiger partial charge in [0.25, 0.3) is 0 Å². The molecule has 0 spiro atoms. The SMILES string of the molecule is COCCN(CCCl)Cc1cncs1. The normalized spacial score (nSPS) is 11.1. The van der Waals surface area contributed by atoms with Gasteiger partial charge in [-0.15, -0.1) is 22.9 Å². The highest BCUT2D eigenvalue weighted by Crippen LogP contribution is 2.09. The summed E-state index contributed by atoms with van der Waals surface area (Å²) in [6.07, 6.45) is 1.90. The first-order valence-corrected chi connectivity index (χ1v) is 5.93. The molecule has 0 radical (unpaired) electrons. The lowest BCUT2D eigenvalue weighted by Crippen LogP contribution is -2.28. The van der Waals surface area contributed by atoms with Crippen molar-refractivity contribution < 1.29 is 4.74 Å². The summed E-state index contributed by atoms with van der Waals surface area (Å²) in [6.45, 7) is 3.47. The summed E-state index contributed by atoms with van der Waals surface area (Å²) in [5.41, 5.74) is 1.85. The lowest BCUT2D eigenvalue weighted by atomic mass is 10.4. The van der Waals surface area contributed by atoms with Gasteiger partial charge in [0.2, 0.25) is 0 Å². The first-order chi connectivity index (χ1) is 6.86. The van der Waals surface area contributed by atoms with Gasteiger partial charge in [-0.2, -0.15) is 0 Å². The molecule has 0 aliphatic heterocycles. The van der Waals surface area contributed by atoms with Crippen molar-refractivity contribution in [2.45, 2.75) is 6.54 Å². The van der Waals surface area contributed by atoms with E-state index >= 15 is 0 Å². The molecule has 0 aromatic carbocycles. The molecule has 0 aliphatic rings. The summed E-state index contributed by atoms with van der Waals surface area (Å²) in [5, 5.41) is 0. The molecule has 0 saturated carbocycles. The second-order valence-electron chi connectivity index (χ2n) is 2.93. The standard InChI is InChI=1S/C9H15ClN2OS/c1-13-5-4-12(3-2-10)7-9-6-11-8-14-9/h6,8H,2-5,7H2,1H3. The van der Waals surface area contributed by atoms with Crippen LogP contribution in [0, 0.1) is 0 Å². The maximum atomic E-state index is 5.72. The van der Waals surface area contributed by atoms with Crippen molar-refractivity contribution in [1.82, 2.24) is 9.88 Å². The predicted molar refractivity (Wildman–Crippen MR) is 60.0 cm³/mol. The number of hydrogen-bond acceptors (Lipinski definition) is 4.